The highest BCUT2D eigenvalue weighted by Gasteiger charge is 2.36. The van der Waals surface area contributed by atoms with Gasteiger partial charge in [0.25, 0.3) is 0 Å². The van der Waals surface area contributed by atoms with Crippen molar-refractivity contribution < 1.29 is 19.1 Å². The molecule has 2 aliphatic carbocycles. The van der Waals surface area contributed by atoms with Gasteiger partial charge in [0.1, 0.15) is 0 Å². The van der Waals surface area contributed by atoms with E-state index in [1.54, 1.807) is 6.08 Å². The largest absolute Gasteiger partial charge is 0.490 e. The van der Waals surface area contributed by atoms with E-state index in [4.69, 9.17) is 9.47 Å². The van der Waals surface area contributed by atoms with Gasteiger partial charge in [0.05, 0.1) is 14.2 Å². The number of carbonyl (C=O) groups is 2. The molecule has 114 valence electrons. The summed E-state index contributed by atoms with van der Waals surface area (Å²) in [5.74, 6) is -0.303. The van der Waals surface area contributed by atoms with Crippen molar-refractivity contribution in [3.63, 3.8) is 0 Å². The molecule has 1 fully saturated rings. The first-order chi connectivity index (χ1) is 10.1. The van der Waals surface area contributed by atoms with Crippen molar-refractivity contribution in [2.75, 3.05) is 14.2 Å². The number of methoxy groups -OCH3 is 2. The SMILES string of the molecule is C=C[C@@H](C1=CC(=O)C(OC)=C(OC)C1=O)C1CCCCC1. The molecule has 0 radical (unpaired) electrons. The molecular formula is C17H22O4. The van der Waals surface area contributed by atoms with Gasteiger partial charge in [-0.05, 0) is 24.8 Å². The lowest BCUT2D eigenvalue weighted by Gasteiger charge is -2.30. The summed E-state index contributed by atoms with van der Waals surface area (Å²) in [6.45, 7) is 3.87. The highest BCUT2D eigenvalue weighted by atomic mass is 16.5. The van der Waals surface area contributed by atoms with Gasteiger partial charge in [0.15, 0.2) is 0 Å². The normalized spacial score (nSPS) is 21.9. The van der Waals surface area contributed by atoms with Gasteiger partial charge in [0, 0.05) is 11.5 Å². The third-order valence-electron chi connectivity index (χ3n) is 4.36. The standard InChI is InChI=1S/C17H22O4/c1-4-12(11-8-6-5-7-9-11)13-10-14(18)16(20-2)17(21-3)15(13)19/h4,10-12H,1,5-9H2,2-3H3/t12-/m1/s1. The van der Waals surface area contributed by atoms with E-state index in [-0.39, 0.29) is 29.0 Å². The summed E-state index contributed by atoms with van der Waals surface area (Å²) >= 11 is 0. The van der Waals surface area contributed by atoms with E-state index in [0.717, 1.165) is 12.8 Å². The van der Waals surface area contributed by atoms with Gasteiger partial charge >= 0.3 is 0 Å². The summed E-state index contributed by atoms with van der Waals surface area (Å²) in [5.41, 5.74) is 0.486. The van der Waals surface area contributed by atoms with Crippen LogP contribution in [-0.2, 0) is 19.1 Å². The fourth-order valence-electron chi connectivity index (χ4n) is 3.31. The number of hydrogen-bond donors (Lipinski definition) is 0. The topological polar surface area (TPSA) is 52.6 Å². The minimum absolute atomic E-state index is 0.00246. The van der Waals surface area contributed by atoms with Crippen molar-refractivity contribution >= 4 is 11.6 Å². The van der Waals surface area contributed by atoms with Gasteiger partial charge in [-0.25, -0.2) is 0 Å². The number of allylic oxidation sites excluding steroid dienone is 3. The first kappa shape index (κ1) is 15.5. The van der Waals surface area contributed by atoms with Crippen LogP contribution in [0.2, 0.25) is 0 Å². The zero-order valence-electron chi connectivity index (χ0n) is 12.7. The molecule has 0 unspecified atom stereocenters. The summed E-state index contributed by atoms with van der Waals surface area (Å²) in [4.78, 5) is 24.7. The molecule has 0 spiro atoms. The molecule has 0 aliphatic heterocycles. The van der Waals surface area contributed by atoms with Crippen molar-refractivity contribution in [1.29, 1.82) is 0 Å². The second-order valence-electron chi connectivity index (χ2n) is 5.52. The smallest absolute Gasteiger partial charge is 0.228 e. The molecule has 4 nitrogen and oxygen atoms in total. The molecule has 4 heteroatoms. The maximum Gasteiger partial charge on any atom is 0.228 e. The lowest BCUT2D eigenvalue weighted by molar-refractivity contribution is -0.120. The summed E-state index contributed by atoms with van der Waals surface area (Å²) in [6, 6.07) is 0. The fraction of sp³-hybridized carbons (Fsp3) is 0.529. The second kappa shape index (κ2) is 6.74. The molecule has 21 heavy (non-hydrogen) atoms. The van der Waals surface area contributed by atoms with Gasteiger partial charge in [-0.1, -0.05) is 25.3 Å². The van der Waals surface area contributed by atoms with Crippen LogP contribution >= 0.6 is 0 Å². The first-order valence-electron chi connectivity index (χ1n) is 7.39. The Bertz CT molecular complexity index is 507. The van der Waals surface area contributed by atoms with Crippen LogP contribution in [-0.4, -0.2) is 25.8 Å². The first-order valence-corrected chi connectivity index (χ1v) is 7.39. The van der Waals surface area contributed by atoms with Crippen molar-refractivity contribution in [3.05, 3.63) is 35.8 Å². The predicted molar refractivity (Wildman–Crippen MR) is 79.4 cm³/mol. The summed E-state index contributed by atoms with van der Waals surface area (Å²) in [6.07, 6.45) is 8.89. The molecule has 1 atom stereocenters. The second-order valence-corrected chi connectivity index (χ2v) is 5.52. The Kier molecular flexibility index (Phi) is 4.99. The van der Waals surface area contributed by atoms with E-state index in [0.29, 0.717) is 11.5 Å². The highest BCUT2D eigenvalue weighted by Crippen LogP contribution is 2.37. The third-order valence-corrected chi connectivity index (χ3v) is 4.36. The van der Waals surface area contributed by atoms with Crippen LogP contribution in [0.25, 0.3) is 0 Å². The highest BCUT2D eigenvalue weighted by molar-refractivity contribution is 6.21. The molecular weight excluding hydrogens is 268 g/mol. The Morgan fingerprint density at radius 1 is 1.14 bits per heavy atom. The lowest BCUT2D eigenvalue weighted by Crippen LogP contribution is -2.28. The Hall–Kier alpha value is -1.84. The van der Waals surface area contributed by atoms with Gasteiger partial charge in [-0.15, -0.1) is 6.58 Å². The van der Waals surface area contributed by atoms with Crippen molar-refractivity contribution in [1.82, 2.24) is 0 Å². The van der Waals surface area contributed by atoms with Crippen molar-refractivity contribution in [2.45, 2.75) is 32.1 Å². The molecule has 0 heterocycles. The molecule has 2 rings (SSSR count). The van der Waals surface area contributed by atoms with Crippen molar-refractivity contribution in [3.8, 4) is 0 Å². The average Bonchev–Trinajstić information content (AvgIpc) is 2.51. The van der Waals surface area contributed by atoms with E-state index < -0.39 is 0 Å². The fourth-order valence-corrected chi connectivity index (χ4v) is 3.31. The number of ketones is 2. The zero-order valence-corrected chi connectivity index (χ0v) is 12.7. The molecule has 2 aliphatic rings. The Balaban J connectivity index is 2.32. The number of ether oxygens (including phenoxy) is 2. The van der Waals surface area contributed by atoms with E-state index in [1.165, 1.54) is 39.6 Å². The molecule has 0 bridgehead atoms. The molecule has 0 saturated heterocycles. The van der Waals surface area contributed by atoms with Gasteiger partial charge in [-0.2, -0.15) is 0 Å². The van der Waals surface area contributed by atoms with E-state index in [1.807, 2.05) is 0 Å². The summed E-state index contributed by atoms with van der Waals surface area (Å²) in [5, 5.41) is 0. The van der Waals surface area contributed by atoms with Crippen molar-refractivity contribution in [2.24, 2.45) is 11.8 Å². The van der Waals surface area contributed by atoms with E-state index in [2.05, 4.69) is 6.58 Å². The van der Waals surface area contributed by atoms with Crippen LogP contribution in [0.4, 0.5) is 0 Å². The van der Waals surface area contributed by atoms with E-state index >= 15 is 0 Å². The zero-order chi connectivity index (χ0) is 15.4. The third kappa shape index (κ3) is 2.94. The molecule has 0 aromatic heterocycles. The Labute approximate surface area is 125 Å². The minimum atomic E-state index is -0.313. The maximum atomic E-state index is 12.6. The molecule has 0 aromatic carbocycles. The van der Waals surface area contributed by atoms with Crippen LogP contribution in [0.1, 0.15) is 32.1 Å². The number of rotatable bonds is 5. The summed E-state index contributed by atoms with van der Waals surface area (Å²) in [7, 11) is 2.75. The lowest BCUT2D eigenvalue weighted by atomic mass is 9.74. The van der Waals surface area contributed by atoms with Crippen LogP contribution in [0.15, 0.2) is 35.8 Å². The number of Topliss-reactive ketones (excluding diaryl/α,β-unsaturated/α-hetero) is 1. The van der Waals surface area contributed by atoms with Crippen LogP contribution in [0, 0.1) is 11.8 Å². The molecule has 1 saturated carbocycles. The molecule has 0 aromatic rings. The predicted octanol–water partition coefficient (Wildman–Crippen LogP) is 2.95. The van der Waals surface area contributed by atoms with Crippen LogP contribution < -0.4 is 0 Å². The van der Waals surface area contributed by atoms with Gasteiger partial charge in [0.2, 0.25) is 23.1 Å². The quantitative estimate of drug-likeness (QED) is 0.577. The van der Waals surface area contributed by atoms with Gasteiger partial charge < -0.3 is 9.47 Å². The monoisotopic (exact) mass is 290 g/mol. The number of hydrogen-bond acceptors (Lipinski definition) is 4. The Morgan fingerprint density at radius 3 is 2.29 bits per heavy atom. The molecule has 0 amide bonds. The Morgan fingerprint density at radius 2 is 1.76 bits per heavy atom. The van der Waals surface area contributed by atoms with Crippen LogP contribution in [0.5, 0.6) is 0 Å². The van der Waals surface area contributed by atoms with Crippen LogP contribution in [0.3, 0.4) is 0 Å². The summed E-state index contributed by atoms with van der Waals surface area (Å²) < 4.78 is 10.1. The molecule has 0 N–H and O–H groups in total. The minimum Gasteiger partial charge on any atom is -0.490 e. The maximum absolute atomic E-state index is 12.6. The average molecular weight is 290 g/mol. The van der Waals surface area contributed by atoms with E-state index in [9.17, 15) is 9.59 Å². The number of carbonyl (C=O) groups excluding carboxylic acids is 2. The van der Waals surface area contributed by atoms with Gasteiger partial charge in [-0.3, -0.25) is 9.59 Å².